The summed E-state index contributed by atoms with van der Waals surface area (Å²) < 4.78 is 62.8. The van der Waals surface area contributed by atoms with E-state index in [1.807, 2.05) is 47.6 Å². The molecule has 28 heteroatoms. The smallest absolute Gasteiger partial charge is 0.341 e. The van der Waals surface area contributed by atoms with Gasteiger partial charge in [0.25, 0.3) is 0 Å². The van der Waals surface area contributed by atoms with Crippen molar-refractivity contribution in [3.05, 3.63) is 44.8 Å². The van der Waals surface area contributed by atoms with E-state index < -0.39 is 99.3 Å². The van der Waals surface area contributed by atoms with Crippen LogP contribution in [0, 0.1) is 0 Å². The number of ether oxygens (including phenoxy) is 12. The van der Waals surface area contributed by atoms with Gasteiger partial charge in [-0.3, -0.25) is 0 Å². The topological polar surface area (TPSA) is 358 Å². The summed E-state index contributed by atoms with van der Waals surface area (Å²) in [5, 5.41) is 71.7. The first-order chi connectivity index (χ1) is 35.4. The van der Waals surface area contributed by atoms with Crippen LogP contribution in [-0.4, -0.2) is 203 Å². The van der Waals surface area contributed by atoms with Gasteiger partial charge in [-0.15, -0.1) is 0 Å². The number of hydrogen-bond donors (Lipinski definition) is 8. The number of rotatable bonds is 7. The Morgan fingerprint density at radius 3 is 1.60 bits per heavy atom. The van der Waals surface area contributed by atoms with Crippen molar-refractivity contribution in [2.75, 3.05) is 33.0 Å². The number of hydrogen-bond acceptors (Lipinski definition) is 23. The van der Waals surface area contributed by atoms with Crippen molar-refractivity contribution in [3.63, 3.8) is 0 Å². The van der Waals surface area contributed by atoms with Gasteiger partial charge in [-0.1, -0.05) is 47.8 Å². The molecule has 8 N–H and O–H groups in total. The van der Waals surface area contributed by atoms with Crippen LogP contribution in [0.15, 0.2) is 44.8 Å². The van der Waals surface area contributed by atoms with Gasteiger partial charge < -0.3 is 97.7 Å². The number of carboxylic acid groups (broad SMARTS) is 2. The molecule has 8 rings (SSSR count). The fourth-order valence-electron chi connectivity index (χ4n) is 8.17. The number of carbonyl (C=O) groups is 5. The Balaban J connectivity index is 0.000000314. The molecular formula is C50H77Br3O25. The van der Waals surface area contributed by atoms with Crippen LogP contribution in [0.4, 0.5) is 0 Å². The zero-order valence-electron chi connectivity index (χ0n) is 46.3. The lowest BCUT2D eigenvalue weighted by Gasteiger charge is -2.25. The third-order valence-electron chi connectivity index (χ3n) is 12.3. The monoisotopic (exact) mass is 1310 g/mol. The van der Waals surface area contributed by atoms with E-state index in [1.54, 1.807) is 70.6 Å². The SMILES string of the molecule is CC(O)(/C=C/Br)C(O)C(=O)O.CC1(C)OC(C(=O)O)C(C)(/C=C/Br)O1.CC1(C)OC(CO)C(C)(/C=C/Br)O1.CC1(C)OC2COC(=O)C2(C)O1.CC1(C)OC2COC(O)C2(C)O1.CC1(O)C(=O)OCC1O.CC1=CCOC1=O. The molecule has 448 valence electrons. The molecule has 8 aliphatic rings. The average molecular weight is 1320 g/mol. The second-order valence-electron chi connectivity index (χ2n) is 21.4. The van der Waals surface area contributed by atoms with Crippen molar-refractivity contribution in [3.8, 4) is 0 Å². The molecular weight excluding hydrogens is 1240 g/mol. The molecule has 0 aromatic rings. The highest BCUT2D eigenvalue weighted by atomic mass is 79.9. The van der Waals surface area contributed by atoms with Gasteiger partial charge in [-0.25, -0.2) is 24.0 Å². The Bertz CT molecular complexity index is 2210. The largest absolute Gasteiger partial charge is 0.479 e. The van der Waals surface area contributed by atoms with Crippen molar-refractivity contribution in [2.24, 2.45) is 0 Å². The second kappa shape index (κ2) is 27.5. The van der Waals surface area contributed by atoms with Gasteiger partial charge in [0.1, 0.15) is 66.6 Å². The molecule has 0 saturated carbocycles. The summed E-state index contributed by atoms with van der Waals surface area (Å²) in [6.45, 7) is 26.6. The summed E-state index contributed by atoms with van der Waals surface area (Å²) in [6, 6.07) is 0. The van der Waals surface area contributed by atoms with Crippen LogP contribution >= 0.6 is 47.8 Å². The van der Waals surface area contributed by atoms with E-state index in [0.717, 1.165) is 11.6 Å². The maximum atomic E-state index is 11.2. The Hall–Kier alpha value is -2.85. The highest BCUT2D eigenvalue weighted by Gasteiger charge is 2.61. The summed E-state index contributed by atoms with van der Waals surface area (Å²) in [7, 11) is 0. The normalized spacial score (nSPS) is 37.1. The third-order valence-corrected chi connectivity index (χ3v) is 13.1. The van der Waals surface area contributed by atoms with Gasteiger partial charge in [-0.05, 0) is 143 Å². The molecule has 0 aromatic heterocycles. The maximum absolute atomic E-state index is 11.2. The van der Waals surface area contributed by atoms with E-state index >= 15 is 0 Å². The van der Waals surface area contributed by atoms with Crippen molar-refractivity contribution in [1.82, 2.24) is 0 Å². The number of aliphatic carboxylic acids is 2. The number of halogens is 3. The lowest BCUT2D eigenvalue weighted by atomic mass is 10.00. The number of esters is 3. The first kappa shape index (κ1) is 71.3. The lowest BCUT2D eigenvalue weighted by Crippen LogP contribution is -2.42. The number of aliphatic hydroxyl groups is 6. The molecule has 0 amide bonds. The fraction of sp³-hybridized carbons (Fsp3) is 0.740. The molecule has 7 saturated heterocycles. The quantitative estimate of drug-likeness (QED) is 0.133. The van der Waals surface area contributed by atoms with E-state index in [-0.39, 0.29) is 43.5 Å². The first-order valence-electron chi connectivity index (χ1n) is 24.1. The minimum Gasteiger partial charge on any atom is -0.479 e. The summed E-state index contributed by atoms with van der Waals surface area (Å²) in [4.78, 5) is 57.7. The minimum atomic E-state index is -1.81. The highest BCUT2D eigenvalue weighted by molar-refractivity contribution is 9.11. The molecule has 25 nitrogen and oxygen atoms in total. The predicted molar refractivity (Wildman–Crippen MR) is 282 cm³/mol. The average Bonchev–Trinajstić information content (AvgIpc) is 4.14. The highest BCUT2D eigenvalue weighted by Crippen LogP contribution is 2.44. The van der Waals surface area contributed by atoms with Crippen molar-refractivity contribution in [1.29, 1.82) is 0 Å². The van der Waals surface area contributed by atoms with Gasteiger partial charge in [0, 0.05) is 5.57 Å². The van der Waals surface area contributed by atoms with E-state index in [4.69, 9.17) is 78.0 Å². The predicted octanol–water partition coefficient (Wildman–Crippen LogP) is 3.62. The summed E-state index contributed by atoms with van der Waals surface area (Å²) >= 11 is 9.15. The van der Waals surface area contributed by atoms with Gasteiger partial charge in [-0.2, -0.15) is 0 Å². The van der Waals surface area contributed by atoms with Gasteiger partial charge in [0.05, 0.1) is 13.2 Å². The van der Waals surface area contributed by atoms with Crippen molar-refractivity contribution >= 4 is 77.6 Å². The standard InChI is InChI=1S/C9H13BrO4.C9H15BrO3.C8H14O4.C8H12O4.C6H9BrO4.C5H8O4.C5H6O2/c1-8(2)13-6(7(11)12)9(3,14-8)4-5-10;1-8(2)12-7(6-11)9(3,13-8)4-5-10;2*1-7(2)11-5-4-10-6(9)8(5,3)12-7;1-6(11,2-3-7)4(8)5(9)10;1-5(8)3(6)2-9-4(5)7;1-4-2-3-7-5(4)6/h4-6H,1-3H3,(H,11,12);4-5,7,11H,6H2,1-3H3;5-6,9H,4H2,1-3H3;5H,4H2,1-3H3;2-4,8,11H,1H3,(H,9,10);3,6,8H,2H2,1H3;2H,3H2,1H3/b2*5-4+;;;3-2+;;. The van der Waals surface area contributed by atoms with E-state index in [1.165, 1.54) is 18.8 Å². The Morgan fingerprint density at radius 2 is 1.21 bits per heavy atom. The molecule has 0 radical (unpaired) electrons. The minimum absolute atomic E-state index is 0.0444. The number of cyclic esters (lactones) is 3. The first-order valence-corrected chi connectivity index (χ1v) is 26.8. The molecule has 0 spiro atoms. The Labute approximate surface area is 478 Å². The number of carboxylic acids is 2. The second-order valence-corrected chi connectivity index (χ2v) is 23.0. The van der Waals surface area contributed by atoms with Crippen LogP contribution in [-0.2, 0) is 80.8 Å². The van der Waals surface area contributed by atoms with Gasteiger partial charge in [0.15, 0.2) is 52.8 Å². The molecule has 7 fully saturated rings. The number of fused-ring (bicyclic) bond motifs is 2. The number of carbonyl (C=O) groups excluding carboxylic acids is 3. The fourth-order valence-corrected chi connectivity index (χ4v) is 9.75. The molecule has 8 aliphatic heterocycles. The summed E-state index contributed by atoms with van der Waals surface area (Å²) in [5.74, 6) is -6.51. The van der Waals surface area contributed by atoms with Crippen LogP contribution < -0.4 is 0 Å². The molecule has 8 heterocycles. The van der Waals surface area contributed by atoms with Crippen LogP contribution in [0.3, 0.4) is 0 Å². The lowest BCUT2D eigenvalue weighted by molar-refractivity contribution is -0.231. The maximum Gasteiger partial charge on any atom is 0.341 e. The van der Waals surface area contributed by atoms with Gasteiger partial charge >= 0.3 is 29.8 Å². The zero-order valence-corrected chi connectivity index (χ0v) is 51.0. The van der Waals surface area contributed by atoms with E-state index in [0.29, 0.717) is 19.8 Å². The summed E-state index contributed by atoms with van der Waals surface area (Å²) in [5.41, 5.74) is -5.77. The molecule has 0 aromatic carbocycles. The van der Waals surface area contributed by atoms with E-state index in [9.17, 15) is 34.2 Å². The molecule has 0 bridgehead atoms. The Kier molecular flexibility index (Phi) is 25.1. The van der Waals surface area contributed by atoms with Crippen LogP contribution in [0.1, 0.15) is 104 Å². The molecule has 78 heavy (non-hydrogen) atoms. The molecule has 13 unspecified atom stereocenters. The third kappa shape index (κ3) is 18.8. The van der Waals surface area contributed by atoms with Gasteiger partial charge in [0.2, 0.25) is 0 Å². The molecule has 0 aliphatic carbocycles. The van der Waals surface area contributed by atoms with Crippen molar-refractivity contribution < 1.29 is 122 Å². The number of aliphatic hydroxyl groups excluding tert-OH is 4. The summed E-state index contributed by atoms with van der Waals surface area (Å²) in [6.07, 6.45) is 0.924. The van der Waals surface area contributed by atoms with Crippen LogP contribution in [0.2, 0.25) is 0 Å². The Morgan fingerprint density at radius 1 is 0.705 bits per heavy atom. The van der Waals surface area contributed by atoms with Crippen LogP contribution in [0.5, 0.6) is 0 Å². The molecule has 13 atom stereocenters. The zero-order chi connectivity index (χ0) is 60.5. The van der Waals surface area contributed by atoms with Crippen molar-refractivity contribution in [2.45, 2.75) is 204 Å². The van der Waals surface area contributed by atoms with Crippen LogP contribution in [0.25, 0.3) is 0 Å². The van der Waals surface area contributed by atoms with E-state index in [2.05, 4.69) is 57.3 Å².